The molecule has 0 aliphatic heterocycles. The van der Waals surface area contributed by atoms with Crippen molar-refractivity contribution in [2.24, 2.45) is 0 Å². The molecule has 2 rings (SSSR count). The molecule has 2 aromatic rings. The first-order valence-electron chi connectivity index (χ1n) is 4.13. The highest BCUT2D eigenvalue weighted by Gasteiger charge is 2.09. The molecule has 16 heavy (non-hydrogen) atoms. The van der Waals surface area contributed by atoms with Crippen LogP contribution in [-0.2, 0) is 0 Å². The van der Waals surface area contributed by atoms with E-state index in [-0.39, 0.29) is 5.28 Å². The number of rotatable bonds is 2. The molecule has 0 spiro atoms. The van der Waals surface area contributed by atoms with Gasteiger partial charge in [-0.2, -0.15) is 0 Å². The Hall–Kier alpha value is -0.360. The number of hydrogen-bond donors (Lipinski definition) is 0. The zero-order valence-electron chi connectivity index (χ0n) is 7.69. The van der Waals surface area contributed by atoms with Gasteiger partial charge in [0.1, 0.15) is 10.1 Å². The van der Waals surface area contributed by atoms with Gasteiger partial charge >= 0.3 is 0 Å². The van der Waals surface area contributed by atoms with Gasteiger partial charge in [0.2, 0.25) is 5.28 Å². The van der Waals surface area contributed by atoms with Crippen molar-refractivity contribution in [1.82, 2.24) is 15.0 Å². The van der Waals surface area contributed by atoms with Crippen LogP contribution in [0.5, 0.6) is 0 Å². The number of nitrogens with zero attached hydrogens (tertiary/aromatic N) is 3. The summed E-state index contributed by atoms with van der Waals surface area (Å²) in [6.07, 6.45) is 3.26. The Morgan fingerprint density at radius 1 is 1.19 bits per heavy atom. The van der Waals surface area contributed by atoms with E-state index in [0.717, 1.165) is 4.47 Å². The van der Waals surface area contributed by atoms with E-state index in [4.69, 9.17) is 23.2 Å². The van der Waals surface area contributed by atoms with Crippen molar-refractivity contribution in [2.75, 3.05) is 0 Å². The Balaban J connectivity index is 2.34. The van der Waals surface area contributed by atoms with Gasteiger partial charge in [-0.15, -0.1) is 0 Å². The van der Waals surface area contributed by atoms with Crippen LogP contribution in [0.15, 0.2) is 39.1 Å². The highest BCUT2D eigenvalue weighted by molar-refractivity contribution is 9.10. The topological polar surface area (TPSA) is 38.7 Å². The van der Waals surface area contributed by atoms with E-state index < -0.39 is 0 Å². The second kappa shape index (κ2) is 5.31. The Labute approximate surface area is 115 Å². The van der Waals surface area contributed by atoms with Crippen molar-refractivity contribution >= 4 is 50.9 Å². The smallest absolute Gasteiger partial charge is 0.223 e. The summed E-state index contributed by atoms with van der Waals surface area (Å²) < 4.78 is 0.753. The lowest BCUT2D eigenvalue weighted by Crippen LogP contribution is -1.88. The molecule has 2 aromatic heterocycles. The van der Waals surface area contributed by atoms with Crippen LogP contribution < -0.4 is 0 Å². The second-order valence-corrected chi connectivity index (χ2v) is 5.26. The van der Waals surface area contributed by atoms with Crippen molar-refractivity contribution in [3.63, 3.8) is 0 Å². The monoisotopic (exact) mass is 335 g/mol. The summed E-state index contributed by atoms with van der Waals surface area (Å²) in [4.78, 5) is 12.1. The minimum atomic E-state index is 0.192. The standard InChI is InChI=1S/C9H4BrCl2N3S/c10-5-4-14-9(12)15-7(5)16-8-6(11)2-1-3-13-8/h1-4H. The molecular formula is C9H4BrCl2N3S. The highest BCUT2D eigenvalue weighted by Crippen LogP contribution is 2.34. The fourth-order valence-electron chi connectivity index (χ4n) is 0.941. The molecule has 0 atom stereocenters. The zero-order valence-corrected chi connectivity index (χ0v) is 11.6. The third kappa shape index (κ3) is 2.85. The molecule has 0 N–H and O–H groups in total. The molecule has 0 saturated heterocycles. The van der Waals surface area contributed by atoms with Crippen LogP contribution in [0.2, 0.25) is 10.3 Å². The first kappa shape index (κ1) is 12.1. The van der Waals surface area contributed by atoms with Crippen molar-refractivity contribution in [1.29, 1.82) is 0 Å². The van der Waals surface area contributed by atoms with Gasteiger partial charge in [0, 0.05) is 12.4 Å². The summed E-state index contributed by atoms with van der Waals surface area (Å²) in [7, 11) is 0. The maximum absolute atomic E-state index is 5.99. The summed E-state index contributed by atoms with van der Waals surface area (Å²) in [6, 6.07) is 3.54. The first-order chi connectivity index (χ1) is 7.66. The Morgan fingerprint density at radius 3 is 2.75 bits per heavy atom. The highest BCUT2D eigenvalue weighted by atomic mass is 79.9. The molecule has 0 aromatic carbocycles. The number of halogens is 3. The second-order valence-electron chi connectivity index (χ2n) is 2.68. The lowest BCUT2D eigenvalue weighted by atomic mass is 10.5. The van der Waals surface area contributed by atoms with Crippen molar-refractivity contribution < 1.29 is 0 Å². The maximum Gasteiger partial charge on any atom is 0.223 e. The predicted molar refractivity (Wildman–Crippen MR) is 68.1 cm³/mol. The maximum atomic E-state index is 5.99. The number of pyridine rings is 1. The van der Waals surface area contributed by atoms with E-state index in [1.54, 1.807) is 24.5 Å². The van der Waals surface area contributed by atoms with Gasteiger partial charge in [0.05, 0.1) is 9.50 Å². The fourth-order valence-corrected chi connectivity index (χ4v) is 2.54. The van der Waals surface area contributed by atoms with E-state index in [0.29, 0.717) is 15.1 Å². The zero-order chi connectivity index (χ0) is 11.5. The van der Waals surface area contributed by atoms with Gasteiger partial charge < -0.3 is 0 Å². The van der Waals surface area contributed by atoms with Gasteiger partial charge in [-0.1, -0.05) is 11.6 Å². The SMILES string of the molecule is Clc1ncc(Br)c(Sc2ncccc2Cl)n1. The quantitative estimate of drug-likeness (QED) is 0.611. The fraction of sp³-hybridized carbons (Fsp3) is 0. The van der Waals surface area contributed by atoms with Gasteiger partial charge in [-0.3, -0.25) is 0 Å². The van der Waals surface area contributed by atoms with Crippen LogP contribution in [0.4, 0.5) is 0 Å². The van der Waals surface area contributed by atoms with Crippen LogP contribution in [0.25, 0.3) is 0 Å². The molecule has 0 radical (unpaired) electrons. The average molecular weight is 337 g/mol. The van der Waals surface area contributed by atoms with E-state index in [1.165, 1.54) is 11.8 Å². The minimum Gasteiger partial charge on any atom is -0.248 e. The van der Waals surface area contributed by atoms with Crippen LogP contribution >= 0.6 is 50.9 Å². The summed E-state index contributed by atoms with van der Waals surface area (Å²) in [5.41, 5.74) is 0. The summed E-state index contributed by atoms with van der Waals surface area (Å²) in [5, 5.41) is 2.13. The summed E-state index contributed by atoms with van der Waals surface area (Å²) >= 11 is 16.4. The molecule has 2 heterocycles. The molecule has 0 amide bonds. The molecule has 0 aliphatic rings. The van der Waals surface area contributed by atoms with Crippen molar-refractivity contribution in [2.45, 2.75) is 10.1 Å². The largest absolute Gasteiger partial charge is 0.248 e. The van der Waals surface area contributed by atoms with Crippen molar-refractivity contribution in [3.8, 4) is 0 Å². The lowest BCUT2D eigenvalue weighted by Gasteiger charge is -2.03. The minimum absolute atomic E-state index is 0.192. The Kier molecular flexibility index (Phi) is 4.02. The van der Waals surface area contributed by atoms with Crippen LogP contribution in [-0.4, -0.2) is 15.0 Å². The van der Waals surface area contributed by atoms with Crippen LogP contribution in [0.1, 0.15) is 0 Å². The Morgan fingerprint density at radius 2 is 2.00 bits per heavy atom. The molecule has 0 fully saturated rings. The third-order valence-electron chi connectivity index (χ3n) is 1.60. The van der Waals surface area contributed by atoms with Gasteiger partial charge in [-0.05, 0) is 51.4 Å². The van der Waals surface area contributed by atoms with Gasteiger partial charge in [0.25, 0.3) is 0 Å². The molecule has 0 saturated carbocycles. The average Bonchev–Trinajstić information content (AvgIpc) is 2.27. The van der Waals surface area contributed by atoms with E-state index in [2.05, 4.69) is 30.9 Å². The van der Waals surface area contributed by atoms with E-state index in [1.807, 2.05) is 0 Å². The van der Waals surface area contributed by atoms with Gasteiger partial charge in [-0.25, -0.2) is 15.0 Å². The summed E-state index contributed by atoms with van der Waals surface area (Å²) in [6.45, 7) is 0. The molecule has 0 unspecified atom stereocenters. The first-order valence-corrected chi connectivity index (χ1v) is 6.50. The number of aromatic nitrogens is 3. The van der Waals surface area contributed by atoms with Crippen LogP contribution in [0, 0.1) is 0 Å². The molecule has 3 nitrogen and oxygen atoms in total. The lowest BCUT2D eigenvalue weighted by molar-refractivity contribution is 1.02. The van der Waals surface area contributed by atoms with Crippen molar-refractivity contribution in [3.05, 3.63) is 39.3 Å². The third-order valence-corrected chi connectivity index (χ3v) is 4.07. The van der Waals surface area contributed by atoms with E-state index in [9.17, 15) is 0 Å². The molecule has 7 heteroatoms. The molecular weight excluding hydrogens is 333 g/mol. The molecule has 0 bridgehead atoms. The normalized spacial score (nSPS) is 10.4. The van der Waals surface area contributed by atoms with Gasteiger partial charge in [0.15, 0.2) is 0 Å². The Bertz CT molecular complexity index is 524. The predicted octanol–water partition coefficient (Wildman–Crippen LogP) is 4.09. The van der Waals surface area contributed by atoms with Crippen LogP contribution in [0.3, 0.4) is 0 Å². The van der Waals surface area contributed by atoms with E-state index >= 15 is 0 Å². The number of hydrogen-bond acceptors (Lipinski definition) is 4. The molecule has 0 aliphatic carbocycles. The molecule has 82 valence electrons. The summed E-state index contributed by atoms with van der Waals surface area (Å²) in [5.74, 6) is 0.